The Hall–Kier alpha value is -9.14. The quantitative estimate of drug-likeness (QED) is 0.120. The van der Waals surface area contributed by atoms with Crippen molar-refractivity contribution in [2.75, 3.05) is 4.90 Å². The molecule has 1 N–H and O–H groups in total. The predicted octanol–water partition coefficient (Wildman–Crippen LogP) is 8.53. The van der Waals surface area contributed by atoms with E-state index in [1.54, 1.807) is 12.1 Å². The summed E-state index contributed by atoms with van der Waals surface area (Å²) >= 11 is 0. The molecule has 10 aromatic rings. The van der Waals surface area contributed by atoms with Gasteiger partial charge in [-0.2, -0.15) is 0 Å². The number of fused-ring (bicyclic) bond motifs is 10. The second-order valence-corrected chi connectivity index (χ2v) is 17.9. The molecule has 69 heavy (non-hydrogen) atoms. The highest BCUT2D eigenvalue weighted by atomic mass is 16.5. The van der Waals surface area contributed by atoms with Gasteiger partial charge >= 0.3 is 5.97 Å². The number of aromatic carboxylic acids is 1. The lowest BCUT2D eigenvalue weighted by Gasteiger charge is -2.42. The molecular weight excluding hydrogens is 850 g/mol. The zero-order valence-corrected chi connectivity index (χ0v) is 36.7. The third-order valence-corrected chi connectivity index (χ3v) is 14.3. The first kappa shape index (κ1) is 39.1. The topological polar surface area (TPSA) is 106 Å². The van der Waals surface area contributed by atoms with E-state index in [9.17, 15) is 14.7 Å². The fraction of sp³-hybridized carbons (Fsp3) is 0. The van der Waals surface area contributed by atoms with E-state index < -0.39 is 5.97 Å². The molecule has 0 saturated heterocycles. The average Bonchev–Trinajstić information content (AvgIpc) is 3.93. The van der Waals surface area contributed by atoms with Crippen molar-refractivity contribution in [3.8, 4) is 84.4 Å². The van der Waals surface area contributed by atoms with Gasteiger partial charge in [0, 0.05) is 33.8 Å². The van der Waals surface area contributed by atoms with Gasteiger partial charge in [0.15, 0.2) is 17.5 Å². The monoisotopic (exact) mass is 884 g/mol. The molecule has 0 fully saturated rings. The number of carboxylic acid groups (broad SMARTS) is 1. The van der Waals surface area contributed by atoms with E-state index in [0.29, 0.717) is 29.7 Å². The molecule has 0 spiro atoms. The summed E-state index contributed by atoms with van der Waals surface area (Å²) in [6.45, 7) is 0.272. The summed E-state index contributed by atoms with van der Waals surface area (Å²) in [5.74, 6) is 1.36. The van der Waals surface area contributed by atoms with Gasteiger partial charge in [-0.1, -0.05) is 157 Å². The molecule has 0 radical (unpaired) electrons. The summed E-state index contributed by atoms with van der Waals surface area (Å²) in [4.78, 5) is 41.0. The molecule has 10 heteroatoms. The minimum Gasteiger partial charge on any atom is -0.478 e. The van der Waals surface area contributed by atoms with Crippen LogP contribution in [0.1, 0.15) is 10.4 Å². The normalized spacial score (nSPS) is 12.7. The summed E-state index contributed by atoms with van der Waals surface area (Å²) in [7, 11) is 0. The van der Waals surface area contributed by atoms with Crippen LogP contribution in [0.4, 0.5) is 17.1 Å². The van der Waals surface area contributed by atoms with Crippen molar-refractivity contribution in [2.24, 2.45) is 0 Å². The number of aromatic nitrogens is 3. The molecular formula is C59H34B2N4O4. The van der Waals surface area contributed by atoms with Crippen LogP contribution >= 0.6 is 0 Å². The smallest absolute Gasteiger partial charge is 0.335 e. The summed E-state index contributed by atoms with van der Waals surface area (Å²) in [6.07, 6.45) is 0. The molecule has 0 unspecified atom stereocenters. The Balaban J connectivity index is 1.02. The zero-order chi connectivity index (χ0) is 45.9. The Morgan fingerprint density at radius 2 is 0.913 bits per heavy atom. The molecule has 8 nitrogen and oxygen atoms in total. The SMILES string of the molecule is O=COc1ccc(-c2ccc3c(c2)-c2cccc4c2B3c2cc(-c3nc(-c5ccccc5)nc(-c5ccccc5)n3)cc3c2N4c2cccc4c2B3c2ccc(-c3ccc(C(=O)O)cc3)cc2-4)cc1. The van der Waals surface area contributed by atoms with Crippen LogP contribution in [-0.2, 0) is 4.79 Å². The minimum atomic E-state index is -0.944. The molecule has 0 bridgehead atoms. The highest BCUT2D eigenvalue weighted by molar-refractivity contribution is 7.05. The maximum absolute atomic E-state index is 11.8. The Morgan fingerprint density at radius 3 is 1.39 bits per heavy atom. The molecule has 4 aliphatic heterocycles. The number of anilines is 3. The number of carboxylic acids is 1. The standard InChI is InChI=1S/C59H34B2N4O4/c66-33-69-42-25-21-35(22-26-42)40-24-28-48-46(30-40)44-14-8-16-52-54(44)61(48)50-32-41(58-63-56(36-9-3-1-4-10-36)62-57(64-58)37-11-5-2-6-12-37)31-49-55(50)65(52)51-15-7-13-43-45-29-39(23-27-47(45)60(49)53(43)51)34-17-19-38(20-18-34)59(67)68/h1-33H,(H,67,68). The highest BCUT2D eigenvalue weighted by Gasteiger charge is 2.50. The molecule has 14 rings (SSSR count). The van der Waals surface area contributed by atoms with E-state index in [2.05, 4.69) is 89.8 Å². The van der Waals surface area contributed by atoms with E-state index in [1.165, 1.54) is 55.2 Å². The molecule has 0 amide bonds. The fourth-order valence-electron chi connectivity index (χ4n) is 11.4. The van der Waals surface area contributed by atoms with Crippen LogP contribution in [0, 0.1) is 0 Å². The number of carbonyl (C=O) groups excluding carboxylic acids is 1. The van der Waals surface area contributed by atoms with Gasteiger partial charge in [0.2, 0.25) is 13.4 Å². The van der Waals surface area contributed by atoms with Gasteiger partial charge in [0.1, 0.15) is 5.75 Å². The maximum atomic E-state index is 11.8. The second kappa shape index (κ2) is 14.9. The number of carbonyl (C=O) groups is 2. The van der Waals surface area contributed by atoms with Gasteiger partial charge in [0.05, 0.1) is 5.56 Å². The van der Waals surface area contributed by atoms with Gasteiger partial charge in [-0.3, -0.25) is 4.79 Å². The zero-order valence-electron chi connectivity index (χ0n) is 36.7. The highest BCUT2D eigenvalue weighted by Crippen LogP contribution is 2.45. The average molecular weight is 885 g/mol. The Bertz CT molecular complexity index is 3770. The second-order valence-electron chi connectivity index (χ2n) is 17.9. The number of benzene rings is 9. The molecule has 0 saturated carbocycles. The number of ether oxygens (including phenoxy) is 1. The molecule has 0 aliphatic carbocycles. The molecule has 1 aromatic heterocycles. The van der Waals surface area contributed by atoms with Crippen molar-refractivity contribution in [3.05, 3.63) is 200 Å². The first-order valence-electron chi connectivity index (χ1n) is 22.9. The van der Waals surface area contributed by atoms with Crippen LogP contribution in [0.2, 0.25) is 0 Å². The van der Waals surface area contributed by atoms with Gasteiger partial charge in [-0.15, -0.1) is 0 Å². The van der Waals surface area contributed by atoms with Crippen LogP contribution in [0.25, 0.3) is 78.7 Å². The van der Waals surface area contributed by atoms with E-state index in [4.69, 9.17) is 19.7 Å². The van der Waals surface area contributed by atoms with E-state index in [1.807, 2.05) is 97.1 Å². The van der Waals surface area contributed by atoms with Crippen LogP contribution in [-0.4, -0.2) is 45.9 Å². The lowest BCUT2D eigenvalue weighted by molar-refractivity contribution is -0.120. The van der Waals surface area contributed by atoms with Crippen molar-refractivity contribution < 1.29 is 19.4 Å². The van der Waals surface area contributed by atoms with Crippen molar-refractivity contribution in [1.82, 2.24) is 15.0 Å². The van der Waals surface area contributed by atoms with Crippen LogP contribution < -0.4 is 42.4 Å². The van der Waals surface area contributed by atoms with E-state index in [0.717, 1.165) is 55.9 Å². The van der Waals surface area contributed by atoms with Crippen LogP contribution in [0.3, 0.4) is 0 Å². The van der Waals surface area contributed by atoms with Crippen molar-refractivity contribution in [2.45, 2.75) is 0 Å². The number of nitrogens with zero attached hydrogens (tertiary/aromatic N) is 4. The summed E-state index contributed by atoms with van der Waals surface area (Å²) in [5, 5.41) is 9.63. The van der Waals surface area contributed by atoms with Crippen molar-refractivity contribution in [1.29, 1.82) is 0 Å². The fourth-order valence-corrected chi connectivity index (χ4v) is 11.4. The van der Waals surface area contributed by atoms with Crippen molar-refractivity contribution in [3.63, 3.8) is 0 Å². The molecule has 9 aromatic carbocycles. The predicted molar refractivity (Wildman–Crippen MR) is 276 cm³/mol. The van der Waals surface area contributed by atoms with Gasteiger partial charge in [0.25, 0.3) is 6.47 Å². The largest absolute Gasteiger partial charge is 0.478 e. The lowest BCUT2D eigenvalue weighted by Crippen LogP contribution is -2.63. The van der Waals surface area contributed by atoms with E-state index in [-0.39, 0.29) is 19.0 Å². The van der Waals surface area contributed by atoms with Crippen molar-refractivity contribution >= 4 is 75.7 Å². The first-order chi connectivity index (χ1) is 34.0. The Labute approximate surface area is 397 Å². The number of hydrogen-bond donors (Lipinski definition) is 1. The minimum absolute atomic E-state index is 0.0839. The van der Waals surface area contributed by atoms with E-state index >= 15 is 0 Å². The Kier molecular flexibility index (Phi) is 8.46. The van der Waals surface area contributed by atoms with Crippen LogP contribution in [0.5, 0.6) is 5.75 Å². The number of rotatable bonds is 8. The summed E-state index contributed by atoms with van der Waals surface area (Å²) in [5.41, 5.74) is 22.6. The molecule has 4 aliphatic rings. The molecule has 5 heterocycles. The maximum Gasteiger partial charge on any atom is 0.335 e. The summed E-state index contributed by atoms with van der Waals surface area (Å²) < 4.78 is 5.12. The van der Waals surface area contributed by atoms with Crippen LogP contribution in [0.15, 0.2) is 194 Å². The first-order valence-corrected chi connectivity index (χ1v) is 22.9. The van der Waals surface area contributed by atoms with Gasteiger partial charge < -0.3 is 14.7 Å². The van der Waals surface area contributed by atoms with Gasteiger partial charge in [-0.05, 0) is 115 Å². The molecule has 320 valence electrons. The Morgan fingerprint density at radius 1 is 0.449 bits per heavy atom. The molecule has 0 atom stereocenters. The number of hydrogen-bond acceptors (Lipinski definition) is 7. The lowest BCUT2D eigenvalue weighted by atomic mass is 9.32. The van der Waals surface area contributed by atoms with Gasteiger partial charge in [-0.25, -0.2) is 19.7 Å². The third-order valence-electron chi connectivity index (χ3n) is 14.3. The third kappa shape index (κ3) is 5.88. The summed E-state index contributed by atoms with van der Waals surface area (Å²) in [6, 6.07) is 66.5.